The first-order valence-electron chi connectivity index (χ1n) is 11.8. The SMILES string of the molecule is CC1(CO)CC(OC2C(O)C([NH3+])CC([NH3+])C2OC2OC(C[NH3+])C(O)C(O)C2[NH3+])C(O)C(O)C1O.[Cl-].[Cl-].[Cl-].[Cl-]. The zero-order valence-electron chi connectivity index (χ0n) is 21.1. The van der Waals surface area contributed by atoms with Crippen LogP contribution in [0.25, 0.3) is 0 Å². The third kappa shape index (κ3) is 7.91. The van der Waals surface area contributed by atoms with Gasteiger partial charge in [-0.2, -0.15) is 0 Å². The third-order valence-electron chi connectivity index (χ3n) is 7.75. The first-order chi connectivity index (χ1) is 15.9. The molecule has 18 heteroatoms. The summed E-state index contributed by atoms with van der Waals surface area (Å²) in [5.41, 5.74) is 14.5. The lowest BCUT2D eigenvalue weighted by atomic mass is 9.70. The predicted molar refractivity (Wildman–Crippen MR) is 110 cm³/mol. The Kier molecular flexibility index (Phi) is 17.5. The van der Waals surface area contributed by atoms with Gasteiger partial charge in [0.1, 0.15) is 67.5 Å². The van der Waals surface area contributed by atoms with Crippen LogP contribution in [0.5, 0.6) is 0 Å². The van der Waals surface area contributed by atoms with Crippen molar-refractivity contribution in [3.8, 4) is 0 Å². The van der Waals surface area contributed by atoms with Crippen molar-refractivity contribution in [3.05, 3.63) is 0 Å². The number of aliphatic hydroxyl groups excluding tert-OH is 7. The number of quaternary nitrogens is 4. The van der Waals surface area contributed by atoms with Gasteiger partial charge in [-0.25, -0.2) is 0 Å². The lowest BCUT2D eigenvalue weighted by Gasteiger charge is -2.49. The Morgan fingerprint density at radius 3 is 1.89 bits per heavy atom. The molecule has 0 bridgehead atoms. The molecule has 1 aliphatic heterocycles. The Morgan fingerprint density at radius 2 is 1.37 bits per heavy atom. The summed E-state index contributed by atoms with van der Waals surface area (Å²) < 4.78 is 18.0. The van der Waals surface area contributed by atoms with Gasteiger partial charge < -0.3 is 123 Å². The highest BCUT2D eigenvalue weighted by Gasteiger charge is 2.56. The molecule has 14 nitrogen and oxygen atoms in total. The van der Waals surface area contributed by atoms with Crippen molar-refractivity contribution in [2.24, 2.45) is 5.41 Å². The van der Waals surface area contributed by atoms with E-state index in [1.165, 1.54) is 0 Å². The van der Waals surface area contributed by atoms with E-state index in [4.69, 9.17) is 14.2 Å². The molecule has 0 aromatic rings. The van der Waals surface area contributed by atoms with Gasteiger partial charge in [-0.3, -0.25) is 0 Å². The zero-order valence-corrected chi connectivity index (χ0v) is 24.1. The third-order valence-corrected chi connectivity index (χ3v) is 7.75. The van der Waals surface area contributed by atoms with Crippen molar-refractivity contribution >= 4 is 0 Å². The summed E-state index contributed by atoms with van der Waals surface area (Å²) >= 11 is 0. The van der Waals surface area contributed by atoms with Crippen LogP contribution in [0.1, 0.15) is 19.8 Å². The topological polar surface area (TPSA) is 280 Å². The standard InChI is InChI=1S/C20H40N4O10.4ClH/c1-20(5-25)3-8(12(27)15(30)18(20)31)32-17-11(26)6(22)2-7(23)16(17)34-19-10(24)14(29)13(28)9(4-21)33-19;;;;/h6-19,25-31H,2-5,21-24H2,1H3;4*1H. The highest BCUT2D eigenvalue weighted by atomic mass is 35.5. The van der Waals surface area contributed by atoms with E-state index >= 15 is 0 Å². The fourth-order valence-electron chi connectivity index (χ4n) is 5.26. The highest BCUT2D eigenvalue weighted by Crippen LogP contribution is 2.39. The van der Waals surface area contributed by atoms with E-state index < -0.39 is 97.5 Å². The first-order valence-corrected chi connectivity index (χ1v) is 11.8. The number of rotatable bonds is 6. The van der Waals surface area contributed by atoms with E-state index in [0.29, 0.717) is 6.42 Å². The molecule has 0 spiro atoms. The average molecular weight is 642 g/mol. The maximum atomic E-state index is 10.9. The molecule has 1 saturated heterocycles. The normalized spacial score (nSPS) is 48.9. The highest BCUT2D eigenvalue weighted by molar-refractivity contribution is 5.02. The molecule has 0 amide bonds. The molecule has 2 aliphatic carbocycles. The van der Waals surface area contributed by atoms with Crippen LogP contribution in [0.3, 0.4) is 0 Å². The molecule has 3 fully saturated rings. The lowest BCUT2D eigenvalue weighted by molar-refractivity contribution is -0.536. The van der Waals surface area contributed by atoms with Crippen LogP contribution in [-0.2, 0) is 14.2 Å². The fraction of sp³-hybridized carbons (Fsp3) is 1.00. The molecular weight excluding hydrogens is 598 g/mol. The van der Waals surface area contributed by atoms with Crippen molar-refractivity contribution in [2.75, 3.05) is 13.2 Å². The molecule has 2 saturated carbocycles. The molecule has 3 rings (SSSR count). The van der Waals surface area contributed by atoms with Gasteiger partial charge in [0, 0.05) is 5.41 Å². The fourth-order valence-corrected chi connectivity index (χ4v) is 5.26. The minimum absolute atomic E-state index is 0. The summed E-state index contributed by atoms with van der Waals surface area (Å²) in [6.45, 7) is 1.30. The molecule has 232 valence electrons. The van der Waals surface area contributed by atoms with Crippen LogP contribution in [0, 0.1) is 5.41 Å². The molecule has 3 aliphatic rings. The largest absolute Gasteiger partial charge is 1.00 e. The van der Waals surface area contributed by atoms with Crippen molar-refractivity contribution < 1.29 is 123 Å². The van der Waals surface area contributed by atoms with Gasteiger partial charge in [-0.1, -0.05) is 6.92 Å². The average Bonchev–Trinajstić information content (AvgIpc) is 2.81. The molecule has 0 aromatic heterocycles. The monoisotopic (exact) mass is 640 g/mol. The smallest absolute Gasteiger partial charge is 0.214 e. The lowest BCUT2D eigenvalue weighted by Crippen LogP contribution is -3.00. The molecule has 0 radical (unpaired) electrons. The number of ether oxygens (including phenoxy) is 3. The van der Waals surface area contributed by atoms with Crippen LogP contribution < -0.4 is 72.6 Å². The minimum Gasteiger partial charge on any atom is -1.00 e. The van der Waals surface area contributed by atoms with Gasteiger partial charge in [0.2, 0.25) is 6.29 Å². The zero-order chi connectivity index (χ0) is 25.5. The van der Waals surface area contributed by atoms with E-state index in [2.05, 4.69) is 22.9 Å². The van der Waals surface area contributed by atoms with Gasteiger partial charge in [-0.15, -0.1) is 0 Å². The molecule has 0 aromatic carbocycles. The molecule has 38 heavy (non-hydrogen) atoms. The Labute approximate surface area is 246 Å². The summed E-state index contributed by atoms with van der Waals surface area (Å²) in [5.74, 6) is 0. The van der Waals surface area contributed by atoms with Gasteiger partial charge in [0.15, 0.2) is 6.04 Å². The van der Waals surface area contributed by atoms with E-state index in [-0.39, 0.29) is 62.6 Å². The maximum absolute atomic E-state index is 10.9. The van der Waals surface area contributed by atoms with E-state index in [9.17, 15) is 35.7 Å². The number of hydrogen-bond donors (Lipinski definition) is 11. The van der Waals surface area contributed by atoms with Gasteiger partial charge >= 0.3 is 0 Å². The second-order valence-corrected chi connectivity index (χ2v) is 10.4. The summed E-state index contributed by atoms with van der Waals surface area (Å²) in [6, 6.07) is -1.74. The van der Waals surface area contributed by atoms with Gasteiger partial charge in [0.05, 0.1) is 25.2 Å². The predicted octanol–water partition coefficient (Wildman–Crippen LogP) is -21.1. The number of aliphatic hydroxyl groups is 7. The summed E-state index contributed by atoms with van der Waals surface area (Å²) in [7, 11) is 0. The quantitative estimate of drug-likeness (QED) is 0.130. The van der Waals surface area contributed by atoms with E-state index in [0.717, 1.165) is 0 Å². The summed E-state index contributed by atoms with van der Waals surface area (Å²) in [6.07, 6.45) is -12.3. The Hall–Kier alpha value is 0.600. The van der Waals surface area contributed by atoms with Gasteiger partial charge in [-0.05, 0) is 6.42 Å². The van der Waals surface area contributed by atoms with E-state index in [1.54, 1.807) is 6.92 Å². The molecule has 15 atom stereocenters. The van der Waals surface area contributed by atoms with Gasteiger partial charge in [0.25, 0.3) is 0 Å². The molecule has 19 N–H and O–H groups in total. The van der Waals surface area contributed by atoms with Crippen LogP contribution in [0.15, 0.2) is 0 Å². The molecule has 1 heterocycles. The van der Waals surface area contributed by atoms with E-state index in [1.807, 2.05) is 0 Å². The number of halogens is 4. The Bertz CT molecular complexity index is 698. The Balaban J connectivity index is 0. The second kappa shape index (κ2) is 16.3. The van der Waals surface area contributed by atoms with Crippen molar-refractivity contribution in [1.82, 2.24) is 0 Å². The van der Waals surface area contributed by atoms with Crippen LogP contribution in [0.2, 0.25) is 0 Å². The maximum Gasteiger partial charge on any atom is 0.214 e. The van der Waals surface area contributed by atoms with Crippen molar-refractivity contribution in [1.29, 1.82) is 0 Å². The van der Waals surface area contributed by atoms with Crippen LogP contribution >= 0.6 is 0 Å². The first kappa shape index (κ1) is 40.7. The minimum atomic E-state index is -1.57. The van der Waals surface area contributed by atoms with Crippen molar-refractivity contribution in [3.63, 3.8) is 0 Å². The van der Waals surface area contributed by atoms with Crippen LogP contribution in [0.4, 0.5) is 0 Å². The Morgan fingerprint density at radius 1 is 0.789 bits per heavy atom. The summed E-state index contributed by atoms with van der Waals surface area (Å²) in [5, 5.41) is 72.6. The molecule has 15 unspecified atom stereocenters. The summed E-state index contributed by atoms with van der Waals surface area (Å²) in [4.78, 5) is 0. The van der Waals surface area contributed by atoms with Crippen molar-refractivity contribution in [2.45, 2.75) is 105 Å². The van der Waals surface area contributed by atoms with Crippen LogP contribution in [-0.4, -0.2) is 134 Å². The number of hydrogen-bond acceptors (Lipinski definition) is 10. The second-order valence-electron chi connectivity index (χ2n) is 10.4. The molecular formula is C20H44Cl4N4O10.